The third-order valence-corrected chi connectivity index (χ3v) is 2.62. The Morgan fingerprint density at radius 3 is 2.79 bits per heavy atom. The lowest BCUT2D eigenvalue weighted by atomic mass is 10.2. The van der Waals surface area contributed by atoms with E-state index >= 15 is 0 Å². The van der Waals surface area contributed by atoms with Gasteiger partial charge in [-0.1, -0.05) is 19.1 Å². The molecular formula is C14H17N3O2. The molecule has 0 atom stereocenters. The molecule has 0 fully saturated rings. The number of benzene rings is 1. The van der Waals surface area contributed by atoms with Crippen molar-refractivity contribution in [1.82, 2.24) is 9.97 Å². The molecule has 2 aromatic rings. The van der Waals surface area contributed by atoms with Crippen molar-refractivity contribution < 1.29 is 9.84 Å². The Hall–Kier alpha value is -2.14. The smallest absolute Gasteiger partial charge is 0.224 e. The number of anilines is 1. The Balaban J connectivity index is 2.26. The van der Waals surface area contributed by atoms with Crippen LogP contribution in [0.3, 0.4) is 0 Å². The van der Waals surface area contributed by atoms with E-state index in [0.29, 0.717) is 11.6 Å². The zero-order valence-corrected chi connectivity index (χ0v) is 11.1. The summed E-state index contributed by atoms with van der Waals surface area (Å²) in [6.45, 7) is 1.98. The summed E-state index contributed by atoms with van der Waals surface area (Å²) in [6.07, 6.45) is 0.739. The van der Waals surface area contributed by atoms with Gasteiger partial charge in [0.15, 0.2) is 0 Å². The highest BCUT2D eigenvalue weighted by molar-refractivity contribution is 5.40. The summed E-state index contributed by atoms with van der Waals surface area (Å²) in [7, 11) is 1.80. The minimum atomic E-state index is -0.0110. The second-order valence-electron chi connectivity index (χ2n) is 4.02. The van der Waals surface area contributed by atoms with Crippen LogP contribution in [-0.2, 0) is 13.0 Å². The lowest BCUT2D eigenvalue weighted by Crippen LogP contribution is -2.01. The van der Waals surface area contributed by atoms with Crippen LogP contribution < -0.4 is 10.1 Å². The number of aromatic nitrogens is 2. The molecule has 5 heteroatoms. The third kappa shape index (κ3) is 3.42. The first-order valence-electron chi connectivity index (χ1n) is 6.18. The van der Waals surface area contributed by atoms with Crippen LogP contribution in [0.5, 0.6) is 11.6 Å². The molecule has 1 aromatic heterocycles. The van der Waals surface area contributed by atoms with Crippen LogP contribution in [0.2, 0.25) is 0 Å². The normalized spacial score (nSPS) is 10.3. The maximum Gasteiger partial charge on any atom is 0.224 e. The maximum absolute atomic E-state index is 9.10. The molecule has 0 aliphatic heterocycles. The van der Waals surface area contributed by atoms with Gasteiger partial charge in [0.1, 0.15) is 17.4 Å². The number of nitrogens with zero attached hydrogens (tertiary/aromatic N) is 2. The second-order valence-corrected chi connectivity index (χ2v) is 4.02. The van der Waals surface area contributed by atoms with Crippen molar-refractivity contribution in [2.24, 2.45) is 0 Å². The van der Waals surface area contributed by atoms with Gasteiger partial charge in [0, 0.05) is 19.5 Å². The number of hydrogen-bond donors (Lipinski definition) is 2. The number of ether oxygens (including phenoxy) is 1. The van der Waals surface area contributed by atoms with Gasteiger partial charge in [-0.2, -0.15) is 4.98 Å². The lowest BCUT2D eigenvalue weighted by molar-refractivity contribution is 0.281. The van der Waals surface area contributed by atoms with Crippen molar-refractivity contribution in [2.75, 3.05) is 12.4 Å². The highest BCUT2D eigenvalue weighted by Crippen LogP contribution is 2.22. The van der Waals surface area contributed by atoms with Crippen LogP contribution in [0.4, 0.5) is 5.82 Å². The molecule has 0 radical (unpaired) electrons. The number of nitrogens with one attached hydrogen (secondary N) is 1. The van der Waals surface area contributed by atoms with Crippen LogP contribution in [0.25, 0.3) is 0 Å². The summed E-state index contributed by atoms with van der Waals surface area (Å²) in [5, 5.41) is 12.1. The van der Waals surface area contributed by atoms with Gasteiger partial charge in [0.05, 0.1) is 6.61 Å². The number of aliphatic hydroxyl groups is 1. The van der Waals surface area contributed by atoms with Crippen molar-refractivity contribution in [2.45, 2.75) is 20.0 Å². The van der Waals surface area contributed by atoms with Crippen molar-refractivity contribution >= 4 is 5.82 Å². The van der Waals surface area contributed by atoms with Gasteiger partial charge >= 0.3 is 0 Å². The molecule has 1 aromatic carbocycles. The average molecular weight is 259 g/mol. The van der Waals surface area contributed by atoms with E-state index in [2.05, 4.69) is 15.3 Å². The quantitative estimate of drug-likeness (QED) is 0.862. The zero-order chi connectivity index (χ0) is 13.7. The molecule has 2 rings (SSSR count). The molecule has 0 amide bonds. The van der Waals surface area contributed by atoms with Crippen LogP contribution in [-0.4, -0.2) is 22.1 Å². The fraction of sp³-hybridized carbons (Fsp3) is 0.286. The SMILES string of the molecule is CCc1nc(NC)cc(Oc2cccc(CO)c2)n1. The lowest BCUT2D eigenvalue weighted by Gasteiger charge is -2.09. The molecule has 0 aliphatic carbocycles. The van der Waals surface area contributed by atoms with E-state index in [4.69, 9.17) is 9.84 Å². The summed E-state index contributed by atoms with van der Waals surface area (Å²) < 4.78 is 5.70. The molecule has 1 heterocycles. The van der Waals surface area contributed by atoms with Gasteiger partial charge < -0.3 is 15.2 Å². The van der Waals surface area contributed by atoms with Gasteiger partial charge in [-0.15, -0.1) is 0 Å². The second kappa shape index (κ2) is 6.15. The molecule has 0 aliphatic rings. The fourth-order valence-corrected chi connectivity index (χ4v) is 1.64. The molecule has 0 spiro atoms. The van der Waals surface area contributed by atoms with E-state index in [1.807, 2.05) is 25.1 Å². The van der Waals surface area contributed by atoms with Gasteiger partial charge in [-0.25, -0.2) is 4.98 Å². The van der Waals surface area contributed by atoms with E-state index in [1.54, 1.807) is 19.2 Å². The van der Waals surface area contributed by atoms with Gasteiger partial charge in [-0.05, 0) is 17.7 Å². The standard InChI is InChI=1S/C14H17N3O2/c1-3-12-16-13(15-2)8-14(17-12)19-11-6-4-5-10(7-11)9-18/h4-8,18H,3,9H2,1-2H3,(H,15,16,17). The number of aliphatic hydroxyl groups excluding tert-OH is 1. The fourth-order valence-electron chi connectivity index (χ4n) is 1.64. The van der Waals surface area contributed by atoms with E-state index < -0.39 is 0 Å². The molecule has 0 bridgehead atoms. The molecule has 0 saturated heterocycles. The summed E-state index contributed by atoms with van der Waals surface area (Å²) in [5.74, 6) is 2.58. The highest BCUT2D eigenvalue weighted by atomic mass is 16.5. The van der Waals surface area contributed by atoms with Gasteiger partial charge in [0.2, 0.25) is 5.88 Å². The molecule has 5 nitrogen and oxygen atoms in total. The van der Waals surface area contributed by atoms with Crippen LogP contribution in [0, 0.1) is 0 Å². The Labute approximate surface area is 112 Å². The summed E-state index contributed by atoms with van der Waals surface area (Å²) in [6, 6.07) is 9.02. The minimum Gasteiger partial charge on any atom is -0.439 e. The Morgan fingerprint density at radius 2 is 2.11 bits per heavy atom. The first-order valence-corrected chi connectivity index (χ1v) is 6.18. The third-order valence-electron chi connectivity index (χ3n) is 2.62. The summed E-state index contributed by atoms with van der Waals surface area (Å²) in [5.41, 5.74) is 0.802. The van der Waals surface area contributed by atoms with Crippen molar-refractivity contribution in [3.8, 4) is 11.6 Å². The predicted molar refractivity (Wildman–Crippen MR) is 73.4 cm³/mol. The first-order chi connectivity index (χ1) is 9.25. The number of aryl methyl sites for hydroxylation is 1. The molecule has 0 unspecified atom stereocenters. The predicted octanol–water partition coefficient (Wildman–Crippen LogP) is 2.37. The molecule has 0 saturated carbocycles. The van der Waals surface area contributed by atoms with Crippen LogP contribution in [0.15, 0.2) is 30.3 Å². The number of rotatable bonds is 5. The highest BCUT2D eigenvalue weighted by Gasteiger charge is 2.05. The molecule has 19 heavy (non-hydrogen) atoms. The Morgan fingerprint density at radius 1 is 1.26 bits per heavy atom. The van der Waals surface area contributed by atoms with E-state index in [0.717, 1.165) is 23.6 Å². The topological polar surface area (TPSA) is 67.3 Å². The largest absolute Gasteiger partial charge is 0.439 e. The van der Waals surface area contributed by atoms with E-state index in [-0.39, 0.29) is 6.61 Å². The Bertz CT molecular complexity index is 536. The molecule has 100 valence electrons. The molecular weight excluding hydrogens is 242 g/mol. The molecule has 2 N–H and O–H groups in total. The van der Waals surface area contributed by atoms with E-state index in [9.17, 15) is 0 Å². The zero-order valence-electron chi connectivity index (χ0n) is 11.1. The Kier molecular flexibility index (Phi) is 4.30. The van der Waals surface area contributed by atoms with Gasteiger partial charge in [-0.3, -0.25) is 0 Å². The van der Waals surface area contributed by atoms with Gasteiger partial charge in [0.25, 0.3) is 0 Å². The van der Waals surface area contributed by atoms with Crippen molar-refractivity contribution in [1.29, 1.82) is 0 Å². The van der Waals surface area contributed by atoms with Crippen molar-refractivity contribution in [3.05, 3.63) is 41.7 Å². The van der Waals surface area contributed by atoms with Crippen LogP contribution >= 0.6 is 0 Å². The van der Waals surface area contributed by atoms with Crippen molar-refractivity contribution in [3.63, 3.8) is 0 Å². The minimum absolute atomic E-state index is 0.0110. The first kappa shape index (κ1) is 13.3. The summed E-state index contributed by atoms with van der Waals surface area (Å²) >= 11 is 0. The number of hydrogen-bond acceptors (Lipinski definition) is 5. The average Bonchev–Trinajstić information content (AvgIpc) is 2.47. The monoisotopic (exact) mass is 259 g/mol. The van der Waals surface area contributed by atoms with Crippen LogP contribution in [0.1, 0.15) is 18.3 Å². The summed E-state index contributed by atoms with van der Waals surface area (Å²) in [4.78, 5) is 8.62. The maximum atomic E-state index is 9.10. The van der Waals surface area contributed by atoms with E-state index in [1.165, 1.54) is 0 Å².